The number of anilines is 1. The molecule has 3 aromatic rings. The summed E-state index contributed by atoms with van der Waals surface area (Å²) in [7, 11) is 0. The maximum absolute atomic E-state index is 5.93. The third-order valence-corrected chi connectivity index (χ3v) is 4.20. The number of nitrogens with two attached hydrogens (primary N) is 1. The molecule has 0 radical (unpaired) electrons. The van der Waals surface area contributed by atoms with Crippen LogP contribution < -0.4 is 5.73 Å². The molecule has 2 aromatic carbocycles. The van der Waals surface area contributed by atoms with Gasteiger partial charge in [0.05, 0.1) is 11.0 Å². The normalized spacial score (nSPS) is 11.1. The van der Waals surface area contributed by atoms with E-state index in [-0.39, 0.29) is 0 Å². The summed E-state index contributed by atoms with van der Waals surface area (Å²) in [6.45, 7) is 4.11. The van der Waals surface area contributed by atoms with Gasteiger partial charge in [0, 0.05) is 10.6 Å². The molecule has 3 rings (SSSR count). The summed E-state index contributed by atoms with van der Waals surface area (Å²) < 4.78 is 0. The average molecular weight is 269 g/mol. The molecule has 0 aliphatic rings. The molecule has 3 nitrogen and oxygen atoms in total. The molecular weight excluding hydrogens is 254 g/mol. The zero-order valence-electron chi connectivity index (χ0n) is 10.9. The lowest BCUT2D eigenvalue weighted by Gasteiger charge is -2.05. The second kappa shape index (κ2) is 4.63. The van der Waals surface area contributed by atoms with Crippen LogP contribution in [0.4, 0.5) is 5.69 Å². The van der Waals surface area contributed by atoms with Crippen molar-refractivity contribution in [1.29, 1.82) is 0 Å². The van der Waals surface area contributed by atoms with Crippen molar-refractivity contribution in [2.24, 2.45) is 0 Å². The maximum Gasteiger partial charge on any atom is 0.171 e. The minimum absolute atomic E-state index is 0.817. The summed E-state index contributed by atoms with van der Waals surface area (Å²) in [5.41, 5.74) is 11.1. The van der Waals surface area contributed by atoms with E-state index < -0.39 is 0 Å². The maximum atomic E-state index is 5.93. The van der Waals surface area contributed by atoms with Gasteiger partial charge >= 0.3 is 0 Å². The van der Waals surface area contributed by atoms with Crippen LogP contribution in [0.2, 0.25) is 0 Å². The van der Waals surface area contributed by atoms with Crippen LogP contribution in [-0.2, 0) is 0 Å². The first-order valence-electron chi connectivity index (χ1n) is 6.13. The number of rotatable bonds is 2. The van der Waals surface area contributed by atoms with Crippen LogP contribution in [0.25, 0.3) is 11.0 Å². The molecule has 1 aromatic heterocycles. The van der Waals surface area contributed by atoms with Crippen LogP contribution >= 0.6 is 11.8 Å². The Kier molecular flexibility index (Phi) is 2.95. The number of nitrogen functional groups attached to an aromatic ring is 1. The first kappa shape index (κ1) is 12.1. The fourth-order valence-corrected chi connectivity index (χ4v) is 2.93. The number of imidazole rings is 1. The van der Waals surface area contributed by atoms with Crippen LogP contribution in [0.15, 0.2) is 46.5 Å². The van der Waals surface area contributed by atoms with Gasteiger partial charge in [0.1, 0.15) is 0 Å². The van der Waals surface area contributed by atoms with E-state index in [0.717, 1.165) is 32.3 Å². The standard InChI is InChI=1S/C15H15N3S/c1-9-6-7-12-13(8-9)18-15(17-12)19-14-5-3-4-11(16)10(14)2/h3-8H,16H2,1-2H3,(H,17,18). The minimum Gasteiger partial charge on any atom is -0.398 e. The fraction of sp³-hybridized carbons (Fsp3) is 0.133. The van der Waals surface area contributed by atoms with Gasteiger partial charge in [-0.25, -0.2) is 4.98 Å². The molecule has 0 unspecified atom stereocenters. The zero-order valence-corrected chi connectivity index (χ0v) is 11.7. The van der Waals surface area contributed by atoms with Gasteiger partial charge in [-0.2, -0.15) is 0 Å². The van der Waals surface area contributed by atoms with Gasteiger partial charge < -0.3 is 10.7 Å². The van der Waals surface area contributed by atoms with E-state index in [4.69, 9.17) is 5.73 Å². The van der Waals surface area contributed by atoms with Crippen molar-refractivity contribution in [2.75, 3.05) is 5.73 Å². The van der Waals surface area contributed by atoms with Crippen LogP contribution in [0.1, 0.15) is 11.1 Å². The molecule has 0 bridgehead atoms. The van der Waals surface area contributed by atoms with E-state index >= 15 is 0 Å². The van der Waals surface area contributed by atoms with Crippen LogP contribution in [0.5, 0.6) is 0 Å². The predicted molar refractivity (Wildman–Crippen MR) is 80.5 cm³/mol. The number of nitrogens with zero attached hydrogens (tertiary/aromatic N) is 1. The monoisotopic (exact) mass is 269 g/mol. The number of fused-ring (bicyclic) bond motifs is 1. The minimum atomic E-state index is 0.817. The van der Waals surface area contributed by atoms with Crippen LogP contribution in [0.3, 0.4) is 0 Å². The number of aryl methyl sites for hydroxylation is 1. The highest BCUT2D eigenvalue weighted by atomic mass is 32.2. The van der Waals surface area contributed by atoms with Gasteiger partial charge in [-0.15, -0.1) is 0 Å². The highest BCUT2D eigenvalue weighted by molar-refractivity contribution is 7.99. The van der Waals surface area contributed by atoms with Crippen molar-refractivity contribution in [3.63, 3.8) is 0 Å². The summed E-state index contributed by atoms with van der Waals surface area (Å²) in [5.74, 6) is 0. The first-order valence-corrected chi connectivity index (χ1v) is 6.94. The lowest BCUT2D eigenvalue weighted by Crippen LogP contribution is -1.90. The molecule has 0 spiro atoms. The summed E-state index contributed by atoms with van der Waals surface area (Å²) in [6.07, 6.45) is 0. The predicted octanol–water partition coefficient (Wildman–Crippen LogP) is 3.91. The molecule has 0 amide bonds. The van der Waals surface area contributed by atoms with E-state index in [1.54, 1.807) is 11.8 Å². The van der Waals surface area contributed by atoms with Crippen LogP contribution in [-0.4, -0.2) is 9.97 Å². The van der Waals surface area contributed by atoms with Gasteiger partial charge in [0.15, 0.2) is 5.16 Å². The van der Waals surface area contributed by atoms with Crippen LogP contribution in [0, 0.1) is 13.8 Å². The van der Waals surface area contributed by atoms with Crippen molar-refractivity contribution in [3.8, 4) is 0 Å². The number of benzene rings is 2. The number of hydrogen-bond acceptors (Lipinski definition) is 3. The summed E-state index contributed by atoms with van der Waals surface area (Å²) in [6, 6.07) is 12.2. The van der Waals surface area contributed by atoms with Crippen molar-refractivity contribution in [2.45, 2.75) is 23.9 Å². The highest BCUT2D eigenvalue weighted by Crippen LogP contribution is 2.31. The average Bonchev–Trinajstić information content (AvgIpc) is 2.76. The molecule has 3 N–H and O–H groups in total. The molecular formula is C15H15N3S. The quantitative estimate of drug-likeness (QED) is 0.693. The molecule has 4 heteroatoms. The number of aromatic amines is 1. The molecule has 0 saturated heterocycles. The SMILES string of the molecule is Cc1ccc2nc(Sc3cccc(N)c3C)[nH]c2c1. The zero-order chi connectivity index (χ0) is 13.4. The number of nitrogens with one attached hydrogen (secondary N) is 1. The van der Waals surface area contributed by atoms with E-state index in [1.807, 2.05) is 25.1 Å². The third kappa shape index (κ3) is 2.31. The summed E-state index contributed by atoms with van der Waals surface area (Å²) >= 11 is 1.61. The summed E-state index contributed by atoms with van der Waals surface area (Å²) in [4.78, 5) is 9.06. The Morgan fingerprint density at radius 2 is 2.00 bits per heavy atom. The molecule has 0 fully saturated rings. The van der Waals surface area contributed by atoms with Crippen molar-refractivity contribution in [3.05, 3.63) is 47.5 Å². The third-order valence-electron chi connectivity index (χ3n) is 3.15. The van der Waals surface area contributed by atoms with Crippen molar-refractivity contribution < 1.29 is 0 Å². The molecule has 0 aliphatic carbocycles. The second-order valence-corrected chi connectivity index (χ2v) is 5.67. The highest BCUT2D eigenvalue weighted by Gasteiger charge is 2.07. The number of H-pyrrole nitrogens is 1. The van der Waals surface area contributed by atoms with Crippen molar-refractivity contribution in [1.82, 2.24) is 9.97 Å². The first-order chi connectivity index (χ1) is 9.13. The fourth-order valence-electron chi connectivity index (χ4n) is 1.99. The van der Waals surface area contributed by atoms with Gasteiger partial charge in [0.25, 0.3) is 0 Å². The Morgan fingerprint density at radius 3 is 2.84 bits per heavy atom. The molecule has 19 heavy (non-hydrogen) atoms. The van der Waals surface area contributed by atoms with E-state index in [1.165, 1.54) is 5.56 Å². The lowest BCUT2D eigenvalue weighted by atomic mass is 10.2. The molecule has 1 heterocycles. The molecule has 96 valence electrons. The molecule has 0 atom stereocenters. The Balaban J connectivity index is 1.99. The topological polar surface area (TPSA) is 54.7 Å². The summed E-state index contributed by atoms with van der Waals surface area (Å²) in [5, 5.41) is 0.898. The van der Waals surface area contributed by atoms with E-state index in [9.17, 15) is 0 Å². The Hall–Kier alpha value is -1.94. The molecule has 0 saturated carbocycles. The van der Waals surface area contributed by atoms with Gasteiger partial charge in [-0.3, -0.25) is 0 Å². The lowest BCUT2D eigenvalue weighted by molar-refractivity contribution is 1.08. The van der Waals surface area contributed by atoms with Gasteiger partial charge in [-0.1, -0.05) is 23.9 Å². The van der Waals surface area contributed by atoms with Gasteiger partial charge in [-0.05, 0) is 49.2 Å². The van der Waals surface area contributed by atoms with Gasteiger partial charge in [0.2, 0.25) is 0 Å². The smallest absolute Gasteiger partial charge is 0.171 e. The number of aromatic nitrogens is 2. The van der Waals surface area contributed by atoms with E-state index in [0.29, 0.717) is 0 Å². The largest absolute Gasteiger partial charge is 0.398 e. The molecule has 0 aliphatic heterocycles. The van der Waals surface area contributed by atoms with Crippen molar-refractivity contribution >= 4 is 28.5 Å². The van der Waals surface area contributed by atoms with E-state index in [2.05, 4.69) is 35.1 Å². The Morgan fingerprint density at radius 1 is 1.16 bits per heavy atom. The Bertz CT molecular complexity index is 746. The number of hydrogen-bond donors (Lipinski definition) is 2. The second-order valence-electron chi connectivity index (χ2n) is 4.63. The Labute approximate surface area is 116 Å².